The van der Waals surface area contributed by atoms with Crippen LogP contribution in [0.2, 0.25) is 0 Å². The molecule has 2 aromatic rings. The van der Waals surface area contributed by atoms with Crippen molar-refractivity contribution in [3.05, 3.63) is 59.7 Å². The Bertz CT molecular complexity index is 962. The zero-order valence-corrected chi connectivity index (χ0v) is 19.0. The molecule has 3 atom stereocenters. The van der Waals surface area contributed by atoms with Crippen LogP contribution in [0.25, 0.3) is 11.1 Å². The summed E-state index contributed by atoms with van der Waals surface area (Å²) in [6.45, 7) is 3.54. The van der Waals surface area contributed by atoms with E-state index < -0.39 is 36.2 Å². The van der Waals surface area contributed by atoms with Gasteiger partial charge in [-0.1, -0.05) is 61.9 Å². The Morgan fingerprint density at radius 1 is 1.00 bits per heavy atom. The van der Waals surface area contributed by atoms with E-state index in [1.165, 1.54) is 7.11 Å². The number of nitrogens with one attached hydrogen (secondary N) is 2. The number of carbonyl (C=O) groups excluding carboxylic acids is 2. The molecule has 2 unspecified atom stereocenters. The molecule has 2 amide bonds. The predicted molar refractivity (Wildman–Crippen MR) is 123 cm³/mol. The second-order valence-corrected chi connectivity index (χ2v) is 8.08. The van der Waals surface area contributed by atoms with Crippen molar-refractivity contribution in [2.24, 2.45) is 0 Å². The first-order chi connectivity index (χ1) is 15.9. The molecular weight excluding hydrogens is 424 g/mol. The number of hydrogen-bond acceptors (Lipinski definition) is 5. The number of carboxylic acid groups (broad SMARTS) is 1. The molecule has 0 fully saturated rings. The number of carboxylic acids is 1. The lowest BCUT2D eigenvalue weighted by Gasteiger charge is -2.25. The van der Waals surface area contributed by atoms with E-state index in [1.807, 2.05) is 55.5 Å². The minimum atomic E-state index is -1.13. The van der Waals surface area contributed by atoms with Crippen molar-refractivity contribution in [2.45, 2.75) is 50.8 Å². The third-order valence-electron chi connectivity index (χ3n) is 5.93. The molecule has 0 bridgehead atoms. The summed E-state index contributed by atoms with van der Waals surface area (Å²) in [5, 5.41) is 14.3. The molecule has 0 saturated heterocycles. The van der Waals surface area contributed by atoms with Crippen LogP contribution in [0, 0.1) is 0 Å². The Morgan fingerprint density at radius 2 is 1.58 bits per heavy atom. The van der Waals surface area contributed by atoms with Crippen LogP contribution < -0.4 is 10.6 Å². The SMILES string of the molecule is CCC[C@H](NC(=O)C(NC(=O)OCC1c2ccccc2-c2ccccc21)C(C)OC)C(=O)O. The molecule has 1 aliphatic carbocycles. The second-order valence-electron chi connectivity index (χ2n) is 8.08. The van der Waals surface area contributed by atoms with Gasteiger partial charge in [0.25, 0.3) is 0 Å². The summed E-state index contributed by atoms with van der Waals surface area (Å²) >= 11 is 0. The Hall–Kier alpha value is -3.39. The Balaban J connectivity index is 1.68. The molecule has 176 valence electrons. The summed E-state index contributed by atoms with van der Waals surface area (Å²) < 4.78 is 10.7. The molecule has 0 aromatic heterocycles. The quantitative estimate of drug-likeness (QED) is 0.508. The van der Waals surface area contributed by atoms with Gasteiger partial charge in [0, 0.05) is 13.0 Å². The van der Waals surface area contributed by atoms with Gasteiger partial charge in [-0.05, 0) is 35.6 Å². The molecule has 0 radical (unpaired) electrons. The van der Waals surface area contributed by atoms with Gasteiger partial charge in [0.15, 0.2) is 0 Å². The minimum absolute atomic E-state index is 0.100. The Labute approximate surface area is 193 Å². The third-order valence-corrected chi connectivity index (χ3v) is 5.93. The number of aliphatic carboxylic acids is 1. The van der Waals surface area contributed by atoms with Crippen LogP contribution in [0.3, 0.4) is 0 Å². The summed E-state index contributed by atoms with van der Waals surface area (Å²) in [4.78, 5) is 36.8. The van der Waals surface area contributed by atoms with Gasteiger partial charge in [0.2, 0.25) is 5.91 Å². The van der Waals surface area contributed by atoms with Crippen molar-refractivity contribution in [2.75, 3.05) is 13.7 Å². The van der Waals surface area contributed by atoms with Crippen LogP contribution >= 0.6 is 0 Å². The van der Waals surface area contributed by atoms with Gasteiger partial charge >= 0.3 is 12.1 Å². The van der Waals surface area contributed by atoms with Crippen LogP contribution in [-0.4, -0.2) is 55.0 Å². The van der Waals surface area contributed by atoms with Crippen molar-refractivity contribution in [1.29, 1.82) is 0 Å². The van der Waals surface area contributed by atoms with Gasteiger partial charge in [-0.2, -0.15) is 0 Å². The second kappa shape index (κ2) is 11.0. The van der Waals surface area contributed by atoms with Gasteiger partial charge in [-0.15, -0.1) is 0 Å². The van der Waals surface area contributed by atoms with E-state index in [0.29, 0.717) is 6.42 Å². The van der Waals surface area contributed by atoms with Crippen molar-refractivity contribution < 1.29 is 29.0 Å². The van der Waals surface area contributed by atoms with E-state index in [-0.39, 0.29) is 18.9 Å². The highest BCUT2D eigenvalue weighted by Gasteiger charge is 2.32. The van der Waals surface area contributed by atoms with E-state index in [9.17, 15) is 19.5 Å². The molecule has 0 spiro atoms. The van der Waals surface area contributed by atoms with Gasteiger partial charge in [-0.25, -0.2) is 9.59 Å². The average molecular weight is 455 g/mol. The molecule has 0 saturated carbocycles. The molecule has 8 nitrogen and oxygen atoms in total. The van der Waals surface area contributed by atoms with Crippen molar-refractivity contribution >= 4 is 18.0 Å². The maximum atomic E-state index is 12.7. The Kier molecular flexibility index (Phi) is 8.06. The number of benzene rings is 2. The number of methoxy groups -OCH3 is 1. The minimum Gasteiger partial charge on any atom is -0.480 e. The van der Waals surface area contributed by atoms with Gasteiger partial charge in [-0.3, -0.25) is 4.79 Å². The Morgan fingerprint density at radius 3 is 2.09 bits per heavy atom. The van der Waals surface area contributed by atoms with E-state index in [1.54, 1.807) is 6.92 Å². The number of fused-ring (bicyclic) bond motifs is 3. The van der Waals surface area contributed by atoms with Crippen molar-refractivity contribution in [3.8, 4) is 11.1 Å². The first kappa shape index (κ1) is 24.3. The lowest BCUT2D eigenvalue weighted by atomic mass is 9.98. The summed E-state index contributed by atoms with van der Waals surface area (Å²) in [7, 11) is 1.41. The van der Waals surface area contributed by atoms with E-state index in [0.717, 1.165) is 22.3 Å². The number of rotatable bonds is 10. The van der Waals surface area contributed by atoms with Crippen molar-refractivity contribution in [1.82, 2.24) is 10.6 Å². The standard InChI is InChI=1S/C25H30N2O6/c1-4-9-21(24(29)30)26-23(28)22(15(2)32-3)27-25(31)33-14-20-18-12-7-5-10-16(18)17-11-6-8-13-19(17)20/h5-8,10-13,15,20-22H,4,9,14H2,1-3H3,(H,26,28)(H,27,31)(H,29,30)/t15?,21-,22?/m0/s1. The summed E-state index contributed by atoms with van der Waals surface area (Å²) in [6, 6.07) is 13.8. The lowest BCUT2D eigenvalue weighted by molar-refractivity contribution is -0.142. The largest absolute Gasteiger partial charge is 0.480 e. The molecule has 0 aliphatic heterocycles. The highest BCUT2D eigenvalue weighted by atomic mass is 16.5. The molecule has 33 heavy (non-hydrogen) atoms. The summed E-state index contributed by atoms with van der Waals surface area (Å²) in [6.07, 6.45) is -0.605. The van der Waals surface area contributed by atoms with Gasteiger partial charge in [0.1, 0.15) is 18.7 Å². The van der Waals surface area contributed by atoms with Crippen LogP contribution in [0.5, 0.6) is 0 Å². The molecule has 8 heteroatoms. The monoisotopic (exact) mass is 454 g/mol. The van der Waals surface area contributed by atoms with Gasteiger partial charge in [0.05, 0.1) is 6.10 Å². The van der Waals surface area contributed by atoms with E-state index in [2.05, 4.69) is 10.6 Å². The lowest BCUT2D eigenvalue weighted by Crippen LogP contribution is -2.56. The predicted octanol–water partition coefficient (Wildman–Crippen LogP) is 3.30. The molecule has 3 rings (SSSR count). The van der Waals surface area contributed by atoms with Gasteiger partial charge < -0.3 is 25.2 Å². The highest BCUT2D eigenvalue weighted by molar-refractivity contribution is 5.89. The van der Waals surface area contributed by atoms with E-state index in [4.69, 9.17) is 9.47 Å². The third kappa shape index (κ3) is 5.51. The maximum Gasteiger partial charge on any atom is 0.407 e. The van der Waals surface area contributed by atoms with Crippen molar-refractivity contribution in [3.63, 3.8) is 0 Å². The number of hydrogen-bond donors (Lipinski definition) is 3. The molecule has 1 aliphatic rings. The zero-order chi connectivity index (χ0) is 24.0. The number of alkyl carbamates (subject to hydrolysis) is 1. The fraction of sp³-hybridized carbons (Fsp3) is 0.400. The molecular formula is C25H30N2O6. The number of amides is 2. The topological polar surface area (TPSA) is 114 Å². The first-order valence-electron chi connectivity index (χ1n) is 11.0. The first-order valence-corrected chi connectivity index (χ1v) is 11.0. The summed E-state index contributed by atoms with van der Waals surface area (Å²) in [5.41, 5.74) is 4.39. The fourth-order valence-electron chi connectivity index (χ4n) is 4.11. The smallest absolute Gasteiger partial charge is 0.407 e. The van der Waals surface area contributed by atoms with Crippen LogP contribution in [0.4, 0.5) is 4.79 Å². The number of carbonyl (C=O) groups is 3. The van der Waals surface area contributed by atoms with E-state index >= 15 is 0 Å². The maximum absolute atomic E-state index is 12.7. The van der Waals surface area contributed by atoms with Crippen LogP contribution in [0.15, 0.2) is 48.5 Å². The summed E-state index contributed by atoms with van der Waals surface area (Å²) in [5.74, 6) is -1.88. The van der Waals surface area contributed by atoms with Crippen LogP contribution in [0.1, 0.15) is 43.7 Å². The normalized spacial score (nSPS) is 15.0. The van der Waals surface area contributed by atoms with Crippen LogP contribution in [-0.2, 0) is 19.1 Å². The molecule has 0 heterocycles. The highest BCUT2D eigenvalue weighted by Crippen LogP contribution is 2.44. The molecule has 3 N–H and O–H groups in total. The zero-order valence-electron chi connectivity index (χ0n) is 19.0. The number of ether oxygens (including phenoxy) is 2. The molecule has 2 aromatic carbocycles. The average Bonchev–Trinajstić information content (AvgIpc) is 3.14. The fourth-order valence-corrected chi connectivity index (χ4v) is 4.11.